The lowest BCUT2D eigenvalue weighted by Gasteiger charge is -2.07. The number of Topliss-reactive ketones (excluding diaryl/α,β-unsaturated/α-hetero) is 1. The Balaban J connectivity index is 1.46. The van der Waals surface area contributed by atoms with Gasteiger partial charge in [-0.25, -0.2) is 4.98 Å². The van der Waals surface area contributed by atoms with Crippen molar-refractivity contribution in [3.63, 3.8) is 0 Å². The smallest absolute Gasteiger partial charge is 0.416 e. The highest BCUT2D eigenvalue weighted by Gasteiger charge is 2.30. The maximum atomic E-state index is 12.8. The number of rotatable bonds is 6. The maximum absolute atomic E-state index is 12.8. The Morgan fingerprint density at radius 3 is 2.50 bits per heavy atom. The third-order valence-electron chi connectivity index (χ3n) is 4.47. The highest BCUT2D eigenvalue weighted by atomic mass is 19.4. The van der Waals surface area contributed by atoms with Gasteiger partial charge in [0.25, 0.3) is 5.91 Å². The first kappa shape index (κ1) is 21.1. The largest absolute Gasteiger partial charge is 0.456 e. The quantitative estimate of drug-likeness (QED) is 0.434. The normalized spacial score (nSPS) is 11.5. The molecule has 3 heterocycles. The summed E-state index contributed by atoms with van der Waals surface area (Å²) in [7, 11) is 0. The number of nitrogens with one attached hydrogen (secondary N) is 1. The van der Waals surface area contributed by atoms with E-state index in [0.717, 1.165) is 18.5 Å². The highest BCUT2D eigenvalue weighted by molar-refractivity contribution is 6.05. The summed E-state index contributed by atoms with van der Waals surface area (Å²) >= 11 is 0. The minimum Gasteiger partial charge on any atom is -0.456 e. The molecule has 0 spiro atoms. The zero-order valence-corrected chi connectivity index (χ0v) is 16.5. The molecular weight excluding hydrogens is 429 g/mol. The molecule has 4 aromatic rings. The second-order valence-electron chi connectivity index (χ2n) is 6.78. The number of ketones is 1. The number of oxazole rings is 1. The highest BCUT2D eigenvalue weighted by Crippen LogP contribution is 2.31. The zero-order valence-electron chi connectivity index (χ0n) is 16.5. The second-order valence-corrected chi connectivity index (χ2v) is 6.78. The summed E-state index contributed by atoms with van der Waals surface area (Å²) in [5.74, 6) is 0.161. The molecule has 0 fully saturated rings. The van der Waals surface area contributed by atoms with Crippen LogP contribution in [-0.2, 0) is 12.7 Å². The third-order valence-corrected chi connectivity index (χ3v) is 4.47. The van der Waals surface area contributed by atoms with E-state index in [0.29, 0.717) is 5.76 Å². The van der Waals surface area contributed by atoms with Gasteiger partial charge >= 0.3 is 6.18 Å². The summed E-state index contributed by atoms with van der Waals surface area (Å²) in [6, 6.07) is 8.96. The van der Waals surface area contributed by atoms with E-state index >= 15 is 0 Å². The molecule has 0 saturated carbocycles. The number of halogens is 3. The van der Waals surface area contributed by atoms with Crippen molar-refractivity contribution in [2.45, 2.75) is 19.6 Å². The van der Waals surface area contributed by atoms with Gasteiger partial charge in [0, 0.05) is 24.8 Å². The van der Waals surface area contributed by atoms with E-state index in [9.17, 15) is 22.8 Å². The van der Waals surface area contributed by atoms with Crippen LogP contribution in [0.3, 0.4) is 0 Å². The molecule has 1 aromatic carbocycles. The van der Waals surface area contributed by atoms with Gasteiger partial charge in [-0.2, -0.15) is 18.3 Å². The van der Waals surface area contributed by atoms with Gasteiger partial charge in [0.2, 0.25) is 0 Å². The fraction of sp³-hybridized carbons (Fsp3) is 0.143. The first-order valence-corrected chi connectivity index (χ1v) is 9.26. The van der Waals surface area contributed by atoms with Crippen LogP contribution >= 0.6 is 0 Å². The Labute approximate surface area is 178 Å². The van der Waals surface area contributed by atoms with Crippen molar-refractivity contribution < 1.29 is 31.6 Å². The van der Waals surface area contributed by atoms with Gasteiger partial charge in [0.1, 0.15) is 5.76 Å². The number of carbonyl (C=O) groups excluding carboxylic acids is 2. The molecule has 0 unspecified atom stereocenters. The van der Waals surface area contributed by atoms with Gasteiger partial charge in [-0.1, -0.05) is 12.1 Å². The Morgan fingerprint density at radius 2 is 1.84 bits per heavy atom. The van der Waals surface area contributed by atoms with Crippen molar-refractivity contribution in [2.75, 3.05) is 5.32 Å². The van der Waals surface area contributed by atoms with Gasteiger partial charge in [-0.15, -0.1) is 0 Å². The number of aromatic nitrogens is 3. The molecular formula is C21H15F3N4O4. The van der Waals surface area contributed by atoms with E-state index in [1.54, 1.807) is 24.4 Å². The van der Waals surface area contributed by atoms with Gasteiger partial charge in [0.05, 0.1) is 12.1 Å². The number of amides is 1. The molecule has 0 atom stereocenters. The number of hydrogen-bond donors (Lipinski definition) is 1. The van der Waals surface area contributed by atoms with Crippen LogP contribution in [0.25, 0.3) is 11.3 Å². The first-order chi connectivity index (χ1) is 15.2. The lowest BCUT2D eigenvalue weighted by atomic mass is 10.1. The zero-order chi connectivity index (χ0) is 22.9. The molecule has 8 nitrogen and oxygen atoms in total. The summed E-state index contributed by atoms with van der Waals surface area (Å²) in [6.07, 6.45) is -1.84. The third kappa shape index (κ3) is 4.46. The molecule has 0 saturated heterocycles. The Morgan fingerprint density at radius 1 is 1.09 bits per heavy atom. The van der Waals surface area contributed by atoms with Crippen LogP contribution in [0.2, 0.25) is 0 Å². The summed E-state index contributed by atoms with van der Waals surface area (Å²) in [5, 5.41) is 6.77. The molecule has 0 bridgehead atoms. The van der Waals surface area contributed by atoms with Crippen LogP contribution in [0, 0.1) is 0 Å². The number of furan rings is 1. The Kier molecular flexibility index (Phi) is 5.39. The van der Waals surface area contributed by atoms with Crippen molar-refractivity contribution in [1.29, 1.82) is 0 Å². The molecule has 0 aliphatic carbocycles. The predicted octanol–water partition coefficient (Wildman–Crippen LogP) is 4.65. The second kappa shape index (κ2) is 8.17. The van der Waals surface area contributed by atoms with Gasteiger partial charge in [-0.3, -0.25) is 14.3 Å². The van der Waals surface area contributed by atoms with Crippen LogP contribution in [0.1, 0.15) is 39.3 Å². The molecule has 4 rings (SSSR count). The number of carbonyl (C=O) groups is 2. The predicted molar refractivity (Wildman–Crippen MR) is 105 cm³/mol. The van der Waals surface area contributed by atoms with Crippen LogP contribution in [-0.4, -0.2) is 26.5 Å². The summed E-state index contributed by atoms with van der Waals surface area (Å²) in [6.45, 7) is 1.64. The maximum Gasteiger partial charge on any atom is 0.416 e. The molecule has 1 N–H and O–H groups in total. The van der Waals surface area contributed by atoms with Crippen LogP contribution < -0.4 is 5.32 Å². The lowest BCUT2D eigenvalue weighted by Crippen LogP contribution is -2.14. The molecule has 0 aliphatic heterocycles. The molecule has 1 amide bonds. The van der Waals surface area contributed by atoms with Crippen LogP contribution in [0.5, 0.6) is 0 Å². The number of anilines is 1. The average molecular weight is 444 g/mol. The number of alkyl halides is 3. The molecule has 0 aliphatic rings. The molecule has 3 aromatic heterocycles. The van der Waals surface area contributed by atoms with E-state index < -0.39 is 17.6 Å². The van der Waals surface area contributed by atoms with Crippen molar-refractivity contribution in [3.05, 3.63) is 77.8 Å². The summed E-state index contributed by atoms with van der Waals surface area (Å²) in [4.78, 5) is 27.8. The van der Waals surface area contributed by atoms with E-state index in [-0.39, 0.29) is 40.9 Å². The van der Waals surface area contributed by atoms with E-state index in [1.807, 2.05) is 0 Å². The van der Waals surface area contributed by atoms with E-state index in [2.05, 4.69) is 15.4 Å². The van der Waals surface area contributed by atoms with Crippen molar-refractivity contribution in [2.24, 2.45) is 0 Å². The standard InChI is InChI=1S/C21H15F3N4O4/c1-12(29)16-7-6-15(32-16)10-28-9-8-17(27-28)26-20(30)18-19(31-11-25-18)13-2-4-14(5-3-13)21(22,23)24/h2-9,11H,10H2,1H3,(H,26,27,30). The number of nitrogens with zero attached hydrogens (tertiary/aromatic N) is 3. The summed E-state index contributed by atoms with van der Waals surface area (Å²) < 4.78 is 50.4. The van der Waals surface area contributed by atoms with Crippen molar-refractivity contribution in [3.8, 4) is 11.3 Å². The topological polar surface area (TPSA) is 103 Å². The van der Waals surface area contributed by atoms with E-state index in [1.165, 1.54) is 23.7 Å². The minimum absolute atomic E-state index is 0.0306. The summed E-state index contributed by atoms with van der Waals surface area (Å²) in [5.41, 5.74) is -0.647. The molecule has 11 heteroatoms. The minimum atomic E-state index is -4.47. The first-order valence-electron chi connectivity index (χ1n) is 9.26. The monoisotopic (exact) mass is 444 g/mol. The van der Waals surface area contributed by atoms with Crippen LogP contribution in [0.15, 0.2) is 63.9 Å². The molecule has 164 valence electrons. The molecule has 0 radical (unpaired) electrons. The SMILES string of the molecule is CC(=O)c1ccc(Cn2ccc(NC(=O)c3ncoc3-c3ccc(C(F)(F)F)cc3)n2)o1. The van der Waals surface area contributed by atoms with Crippen molar-refractivity contribution in [1.82, 2.24) is 14.8 Å². The lowest BCUT2D eigenvalue weighted by molar-refractivity contribution is -0.137. The average Bonchev–Trinajstić information content (AvgIpc) is 3.48. The Bertz CT molecular complexity index is 1270. The van der Waals surface area contributed by atoms with E-state index in [4.69, 9.17) is 8.83 Å². The number of hydrogen-bond acceptors (Lipinski definition) is 6. The number of benzene rings is 1. The molecule has 32 heavy (non-hydrogen) atoms. The fourth-order valence-corrected chi connectivity index (χ4v) is 2.93. The van der Waals surface area contributed by atoms with Gasteiger partial charge < -0.3 is 14.2 Å². The fourth-order valence-electron chi connectivity index (χ4n) is 2.93. The van der Waals surface area contributed by atoms with Gasteiger partial charge in [-0.05, 0) is 24.3 Å². The van der Waals surface area contributed by atoms with Gasteiger partial charge in [0.15, 0.2) is 35.2 Å². The Hall–Kier alpha value is -4.15. The van der Waals surface area contributed by atoms with Crippen molar-refractivity contribution >= 4 is 17.5 Å². The van der Waals surface area contributed by atoms with Crippen LogP contribution in [0.4, 0.5) is 19.0 Å².